The van der Waals surface area contributed by atoms with Crippen LogP contribution in [0.5, 0.6) is 0 Å². The molecule has 1 amide bonds. The molecule has 0 aliphatic carbocycles. The number of aromatic nitrogens is 2. The Hall–Kier alpha value is -3.62. The summed E-state index contributed by atoms with van der Waals surface area (Å²) in [5, 5.41) is 23.0. The van der Waals surface area contributed by atoms with Crippen molar-refractivity contribution in [2.24, 2.45) is 0 Å². The molecule has 3 rings (SSSR count). The first-order chi connectivity index (χ1) is 15.3. The Morgan fingerprint density at radius 3 is 2.50 bits per heavy atom. The van der Waals surface area contributed by atoms with Gasteiger partial charge in [0.1, 0.15) is 23.0 Å². The van der Waals surface area contributed by atoms with Gasteiger partial charge < -0.3 is 11.1 Å². The van der Waals surface area contributed by atoms with Crippen molar-refractivity contribution >= 4 is 40.1 Å². The second-order valence-electron chi connectivity index (χ2n) is 7.68. The number of nitrogens with one attached hydrogen (secondary N) is 1. The van der Waals surface area contributed by atoms with Crippen LogP contribution in [-0.2, 0) is 4.79 Å². The number of para-hydroxylation sites is 1. The van der Waals surface area contributed by atoms with E-state index in [4.69, 9.17) is 5.73 Å². The Kier molecular flexibility index (Phi) is 6.97. The van der Waals surface area contributed by atoms with E-state index in [2.05, 4.69) is 27.4 Å². The summed E-state index contributed by atoms with van der Waals surface area (Å²) in [5.41, 5.74) is 9.40. The second-order valence-corrected chi connectivity index (χ2v) is 8.87. The van der Waals surface area contributed by atoms with Crippen LogP contribution in [0.1, 0.15) is 55.5 Å². The number of hydrogen-bond acceptors (Lipinski definition) is 7. The zero-order valence-electron chi connectivity index (χ0n) is 18.4. The minimum Gasteiger partial charge on any atom is -0.383 e. The Bertz CT molecular complexity index is 1270. The number of carbonyl (C=O) groups excluding carboxylic acids is 1. The molecule has 7 nitrogen and oxygen atoms in total. The second kappa shape index (κ2) is 9.67. The molecule has 3 N–H and O–H groups in total. The normalized spacial score (nSPS) is 11.7. The van der Waals surface area contributed by atoms with Crippen LogP contribution < -0.4 is 11.1 Å². The molecule has 1 aromatic carbocycles. The van der Waals surface area contributed by atoms with E-state index in [-0.39, 0.29) is 23.2 Å². The number of pyridine rings is 2. The molecular weight excluding hydrogens is 420 g/mol. The molecule has 3 aromatic rings. The van der Waals surface area contributed by atoms with Crippen LogP contribution in [0.2, 0.25) is 0 Å². The van der Waals surface area contributed by atoms with E-state index >= 15 is 0 Å². The number of rotatable bonds is 6. The molecule has 0 radical (unpaired) electrons. The largest absolute Gasteiger partial charge is 0.383 e. The maximum Gasteiger partial charge on any atom is 0.237 e. The summed E-state index contributed by atoms with van der Waals surface area (Å²) in [6, 6.07) is 13.7. The van der Waals surface area contributed by atoms with Crippen LogP contribution >= 0.6 is 11.8 Å². The third kappa shape index (κ3) is 4.51. The van der Waals surface area contributed by atoms with Crippen molar-refractivity contribution in [1.29, 1.82) is 10.5 Å². The third-order valence-corrected chi connectivity index (χ3v) is 6.40. The van der Waals surface area contributed by atoms with E-state index in [1.54, 1.807) is 0 Å². The van der Waals surface area contributed by atoms with Gasteiger partial charge in [-0.3, -0.25) is 9.78 Å². The zero-order chi connectivity index (χ0) is 23.4. The molecule has 0 bridgehead atoms. The lowest BCUT2D eigenvalue weighted by atomic mass is 9.94. The molecule has 0 aliphatic rings. The number of fused-ring (bicyclic) bond motifs is 1. The highest BCUT2D eigenvalue weighted by Crippen LogP contribution is 2.36. The van der Waals surface area contributed by atoms with Gasteiger partial charge in [-0.2, -0.15) is 10.5 Å². The van der Waals surface area contributed by atoms with Crippen LogP contribution in [0.15, 0.2) is 35.4 Å². The lowest BCUT2D eigenvalue weighted by Gasteiger charge is -2.19. The first-order valence-corrected chi connectivity index (χ1v) is 11.2. The molecule has 0 spiro atoms. The smallest absolute Gasteiger partial charge is 0.237 e. The number of anilines is 2. The van der Waals surface area contributed by atoms with E-state index in [9.17, 15) is 15.3 Å². The fraction of sp³-hybridized carbons (Fsp3) is 0.292. The monoisotopic (exact) mass is 444 g/mol. The molecule has 2 aromatic heterocycles. The van der Waals surface area contributed by atoms with Crippen LogP contribution in [0.25, 0.3) is 10.9 Å². The topological polar surface area (TPSA) is 128 Å². The summed E-state index contributed by atoms with van der Waals surface area (Å²) < 4.78 is 0. The standard InChI is InChI=1S/C24H24N6OS/c1-5-20(23(31)29-19-10-14(4)28-18-9-7-6-8-15(18)19)32-24-17(12-26)21(13(2)3)16(11-25)22(27)30-24/h6-10,13,20H,5H2,1-4H3,(H2,27,30)(H,28,29,31). The van der Waals surface area contributed by atoms with Crippen molar-refractivity contribution in [3.05, 3.63) is 52.7 Å². The van der Waals surface area contributed by atoms with Gasteiger partial charge in [-0.25, -0.2) is 4.98 Å². The van der Waals surface area contributed by atoms with E-state index < -0.39 is 5.25 Å². The number of aryl methyl sites for hydroxylation is 1. The molecule has 0 fully saturated rings. The predicted molar refractivity (Wildman–Crippen MR) is 127 cm³/mol. The van der Waals surface area contributed by atoms with Gasteiger partial charge in [0.05, 0.1) is 27.6 Å². The van der Waals surface area contributed by atoms with Crippen molar-refractivity contribution in [2.75, 3.05) is 11.1 Å². The van der Waals surface area contributed by atoms with Gasteiger partial charge in [0, 0.05) is 11.1 Å². The SMILES string of the molecule is CCC(Sc1nc(N)c(C#N)c(C(C)C)c1C#N)C(=O)Nc1cc(C)nc2ccccc12. The minimum atomic E-state index is -0.505. The molecule has 2 heterocycles. The van der Waals surface area contributed by atoms with Crippen molar-refractivity contribution in [3.63, 3.8) is 0 Å². The summed E-state index contributed by atoms with van der Waals surface area (Å²) in [6.07, 6.45) is 0.516. The van der Waals surface area contributed by atoms with E-state index in [1.165, 1.54) is 11.8 Å². The predicted octanol–water partition coefficient (Wildman–Crippen LogP) is 4.90. The number of hydrogen-bond donors (Lipinski definition) is 2. The van der Waals surface area contributed by atoms with Gasteiger partial charge in [0.15, 0.2) is 0 Å². The number of benzene rings is 1. The Balaban J connectivity index is 1.97. The summed E-state index contributed by atoms with van der Waals surface area (Å²) in [7, 11) is 0. The minimum absolute atomic E-state index is 0.0729. The van der Waals surface area contributed by atoms with Crippen molar-refractivity contribution in [2.45, 2.75) is 50.3 Å². The van der Waals surface area contributed by atoms with Gasteiger partial charge in [-0.15, -0.1) is 0 Å². The first-order valence-electron chi connectivity index (χ1n) is 10.3. The lowest BCUT2D eigenvalue weighted by molar-refractivity contribution is -0.115. The average Bonchev–Trinajstić information content (AvgIpc) is 2.76. The molecule has 162 valence electrons. The quantitative estimate of drug-likeness (QED) is 0.517. The zero-order valence-corrected chi connectivity index (χ0v) is 19.2. The highest BCUT2D eigenvalue weighted by Gasteiger charge is 2.26. The molecule has 0 aliphatic heterocycles. The number of nitrogens with zero attached hydrogens (tertiary/aromatic N) is 4. The molecule has 32 heavy (non-hydrogen) atoms. The molecule has 8 heteroatoms. The number of nitriles is 2. The molecule has 0 saturated heterocycles. The van der Waals surface area contributed by atoms with E-state index in [1.807, 2.05) is 58.0 Å². The maximum atomic E-state index is 13.2. The number of amides is 1. The summed E-state index contributed by atoms with van der Waals surface area (Å²) >= 11 is 1.19. The third-order valence-electron chi connectivity index (χ3n) is 5.05. The Morgan fingerprint density at radius 1 is 1.19 bits per heavy atom. The number of nitrogens with two attached hydrogens (primary N) is 1. The fourth-order valence-electron chi connectivity index (χ4n) is 3.57. The van der Waals surface area contributed by atoms with Gasteiger partial charge in [-0.1, -0.05) is 50.7 Å². The van der Waals surface area contributed by atoms with Crippen molar-refractivity contribution < 1.29 is 4.79 Å². The van der Waals surface area contributed by atoms with Crippen LogP contribution in [0, 0.1) is 29.6 Å². The number of nitrogen functional groups attached to an aromatic ring is 1. The maximum absolute atomic E-state index is 13.2. The van der Waals surface area contributed by atoms with E-state index in [0.29, 0.717) is 28.3 Å². The van der Waals surface area contributed by atoms with Crippen molar-refractivity contribution in [3.8, 4) is 12.1 Å². The summed E-state index contributed by atoms with van der Waals surface area (Å²) in [6.45, 7) is 7.57. The molecule has 1 unspecified atom stereocenters. The van der Waals surface area contributed by atoms with Crippen LogP contribution in [0.4, 0.5) is 11.5 Å². The van der Waals surface area contributed by atoms with Crippen LogP contribution in [0.3, 0.4) is 0 Å². The molecular formula is C24H24N6OS. The van der Waals surface area contributed by atoms with E-state index in [0.717, 1.165) is 16.6 Å². The van der Waals surface area contributed by atoms with Gasteiger partial charge in [0.2, 0.25) is 5.91 Å². The average molecular weight is 445 g/mol. The number of carbonyl (C=O) groups is 1. The Morgan fingerprint density at radius 2 is 1.88 bits per heavy atom. The Labute approximate surface area is 191 Å². The van der Waals surface area contributed by atoms with Gasteiger partial charge in [0.25, 0.3) is 0 Å². The molecule has 1 atom stereocenters. The highest BCUT2D eigenvalue weighted by molar-refractivity contribution is 8.00. The van der Waals surface area contributed by atoms with Gasteiger partial charge >= 0.3 is 0 Å². The highest BCUT2D eigenvalue weighted by atomic mass is 32.2. The fourth-order valence-corrected chi connectivity index (χ4v) is 4.60. The first kappa shape index (κ1) is 23.1. The van der Waals surface area contributed by atoms with Crippen molar-refractivity contribution in [1.82, 2.24) is 9.97 Å². The van der Waals surface area contributed by atoms with Crippen LogP contribution in [-0.4, -0.2) is 21.1 Å². The summed E-state index contributed by atoms with van der Waals surface area (Å²) in [5.74, 6) is -0.222. The number of thioether (sulfide) groups is 1. The lowest BCUT2D eigenvalue weighted by Crippen LogP contribution is -2.25. The molecule has 0 saturated carbocycles. The van der Waals surface area contributed by atoms with Gasteiger partial charge in [-0.05, 0) is 37.0 Å². The summed E-state index contributed by atoms with van der Waals surface area (Å²) in [4.78, 5) is 22.0.